The van der Waals surface area contributed by atoms with Crippen LogP contribution in [-0.2, 0) is 16.8 Å². The summed E-state index contributed by atoms with van der Waals surface area (Å²) < 4.78 is 6.17. The van der Waals surface area contributed by atoms with Gasteiger partial charge in [0.05, 0.1) is 24.1 Å². The maximum Gasteiger partial charge on any atom is 0.261 e. The van der Waals surface area contributed by atoms with Crippen molar-refractivity contribution in [3.8, 4) is 0 Å². The second kappa shape index (κ2) is 6.89. The van der Waals surface area contributed by atoms with Crippen LogP contribution in [0.25, 0.3) is 0 Å². The average molecular weight is 338 g/mol. The van der Waals surface area contributed by atoms with Crippen LogP contribution in [0.3, 0.4) is 0 Å². The van der Waals surface area contributed by atoms with Crippen molar-refractivity contribution < 1.29 is 14.6 Å². The number of aliphatic hydroxyl groups is 1. The molecule has 0 radical (unpaired) electrons. The third kappa shape index (κ3) is 3.31. The van der Waals surface area contributed by atoms with Crippen LogP contribution in [0, 0.1) is 5.92 Å². The lowest BCUT2D eigenvalue weighted by Gasteiger charge is -2.40. The van der Waals surface area contributed by atoms with Gasteiger partial charge in [0.25, 0.3) is 5.91 Å². The molecule has 0 aliphatic carbocycles. The van der Waals surface area contributed by atoms with Crippen LogP contribution in [-0.4, -0.2) is 43.4 Å². The minimum Gasteiger partial charge on any atom is -0.394 e. The van der Waals surface area contributed by atoms with E-state index in [1.54, 1.807) is 11.3 Å². The first kappa shape index (κ1) is 16.9. The Morgan fingerprint density at radius 3 is 2.87 bits per heavy atom. The molecule has 1 saturated heterocycles. The van der Waals surface area contributed by atoms with Crippen LogP contribution < -0.4 is 10.6 Å². The van der Waals surface area contributed by atoms with Gasteiger partial charge in [-0.15, -0.1) is 11.3 Å². The number of piperidine rings is 1. The van der Waals surface area contributed by atoms with Gasteiger partial charge in [-0.1, -0.05) is 13.8 Å². The molecule has 1 fully saturated rings. The smallest absolute Gasteiger partial charge is 0.261 e. The van der Waals surface area contributed by atoms with Crippen LogP contribution in [0.4, 0.5) is 0 Å². The van der Waals surface area contributed by atoms with Gasteiger partial charge >= 0.3 is 0 Å². The Kier molecular flexibility index (Phi) is 5.06. The Bertz CT molecular complexity index is 564. The lowest BCUT2D eigenvalue weighted by molar-refractivity contribution is -0.0771. The third-order valence-corrected chi connectivity index (χ3v) is 6.29. The highest BCUT2D eigenvalue weighted by molar-refractivity contribution is 7.14. The van der Waals surface area contributed by atoms with Gasteiger partial charge in [0, 0.05) is 4.88 Å². The quantitative estimate of drug-likeness (QED) is 0.781. The van der Waals surface area contributed by atoms with Crippen molar-refractivity contribution in [3.63, 3.8) is 0 Å². The highest BCUT2D eigenvalue weighted by Crippen LogP contribution is 2.44. The Labute approximate surface area is 141 Å². The number of ether oxygens (including phenoxy) is 1. The van der Waals surface area contributed by atoms with E-state index in [2.05, 4.69) is 10.6 Å². The number of hydrogen-bond acceptors (Lipinski definition) is 5. The maximum atomic E-state index is 12.5. The maximum absolute atomic E-state index is 12.5. The summed E-state index contributed by atoms with van der Waals surface area (Å²) in [7, 11) is 0. The fourth-order valence-corrected chi connectivity index (χ4v) is 4.71. The molecule has 0 aromatic carbocycles. The van der Waals surface area contributed by atoms with Gasteiger partial charge < -0.3 is 20.5 Å². The fraction of sp³-hybridized carbons (Fsp3) is 0.706. The molecule has 3 rings (SSSR count). The summed E-state index contributed by atoms with van der Waals surface area (Å²) in [5.74, 6) is 0.124. The second-order valence-corrected chi connectivity index (χ2v) is 7.87. The molecule has 0 bridgehead atoms. The molecule has 5 nitrogen and oxygen atoms in total. The average Bonchev–Trinajstić information content (AvgIpc) is 2.99. The topological polar surface area (TPSA) is 70.6 Å². The highest BCUT2D eigenvalue weighted by Gasteiger charge is 2.41. The molecule has 128 valence electrons. The molecule has 2 aliphatic rings. The molecule has 1 aromatic rings. The predicted octanol–water partition coefficient (Wildman–Crippen LogP) is 1.65. The van der Waals surface area contributed by atoms with Gasteiger partial charge in [-0.25, -0.2) is 0 Å². The molecule has 23 heavy (non-hydrogen) atoms. The first-order chi connectivity index (χ1) is 11.1. The summed E-state index contributed by atoms with van der Waals surface area (Å²) in [6.45, 7) is 6.61. The number of amides is 1. The number of carbonyl (C=O) groups is 1. The largest absolute Gasteiger partial charge is 0.394 e. The van der Waals surface area contributed by atoms with E-state index in [-0.39, 0.29) is 30.1 Å². The first-order valence-electron chi connectivity index (χ1n) is 8.45. The normalized spacial score (nSPS) is 21.2. The zero-order chi connectivity index (χ0) is 16.4. The first-order valence-corrected chi connectivity index (χ1v) is 9.27. The molecular formula is C17H26N2O3S. The Morgan fingerprint density at radius 2 is 2.22 bits per heavy atom. The van der Waals surface area contributed by atoms with E-state index in [1.807, 2.05) is 19.9 Å². The molecule has 3 heterocycles. The molecule has 1 amide bonds. The van der Waals surface area contributed by atoms with Crippen molar-refractivity contribution in [2.24, 2.45) is 5.92 Å². The summed E-state index contributed by atoms with van der Waals surface area (Å²) in [5, 5.41) is 15.7. The van der Waals surface area contributed by atoms with Gasteiger partial charge in [0.2, 0.25) is 0 Å². The lowest BCUT2D eigenvalue weighted by atomic mass is 9.86. The molecule has 0 saturated carbocycles. The van der Waals surface area contributed by atoms with E-state index in [9.17, 15) is 9.90 Å². The van der Waals surface area contributed by atoms with E-state index in [0.29, 0.717) is 0 Å². The van der Waals surface area contributed by atoms with Gasteiger partial charge in [-0.2, -0.15) is 0 Å². The van der Waals surface area contributed by atoms with Gasteiger partial charge in [0.15, 0.2) is 0 Å². The minimum absolute atomic E-state index is 0.0345. The van der Waals surface area contributed by atoms with E-state index < -0.39 is 0 Å². The van der Waals surface area contributed by atoms with Crippen LogP contribution in [0.2, 0.25) is 0 Å². The van der Waals surface area contributed by atoms with Crippen molar-refractivity contribution in [2.75, 3.05) is 26.3 Å². The summed E-state index contributed by atoms with van der Waals surface area (Å²) in [6, 6.07) is 1.82. The molecule has 1 atom stereocenters. The summed E-state index contributed by atoms with van der Waals surface area (Å²) in [6.07, 6.45) is 2.81. The number of thiophene rings is 1. The Morgan fingerprint density at radius 1 is 1.48 bits per heavy atom. The van der Waals surface area contributed by atoms with E-state index >= 15 is 0 Å². The lowest BCUT2D eigenvalue weighted by Crippen LogP contribution is -2.44. The van der Waals surface area contributed by atoms with Crippen molar-refractivity contribution >= 4 is 17.2 Å². The van der Waals surface area contributed by atoms with Gasteiger partial charge in [0.1, 0.15) is 5.60 Å². The summed E-state index contributed by atoms with van der Waals surface area (Å²) in [4.78, 5) is 14.5. The molecule has 6 heteroatoms. The standard InChI is InChI=1S/C17H26N2O3S/c1-11(2)13(10-20)19-16(21)14-9-12-3-8-22-17(15(12)23-14)4-6-18-7-5-17/h9,11,13,18,20H,3-8,10H2,1-2H3,(H,19,21)/t13-/m1/s1. The van der Waals surface area contributed by atoms with Crippen LogP contribution in [0.1, 0.15) is 46.8 Å². The molecule has 0 unspecified atom stereocenters. The number of hydrogen-bond donors (Lipinski definition) is 3. The Hall–Kier alpha value is -0.950. The van der Waals surface area contributed by atoms with Crippen LogP contribution >= 0.6 is 11.3 Å². The van der Waals surface area contributed by atoms with Crippen molar-refractivity contribution in [1.82, 2.24) is 10.6 Å². The third-order valence-electron chi connectivity index (χ3n) is 4.93. The SMILES string of the molecule is CC(C)[C@@H](CO)NC(=O)c1cc2c(s1)C1(CCNCC1)OCC2. The van der Waals surface area contributed by atoms with Crippen LogP contribution in [0.15, 0.2) is 6.07 Å². The van der Waals surface area contributed by atoms with E-state index in [1.165, 1.54) is 10.4 Å². The van der Waals surface area contributed by atoms with Gasteiger partial charge in [-0.05, 0) is 49.9 Å². The predicted molar refractivity (Wildman–Crippen MR) is 90.9 cm³/mol. The minimum atomic E-state index is -0.203. The zero-order valence-corrected chi connectivity index (χ0v) is 14.7. The monoisotopic (exact) mass is 338 g/mol. The van der Waals surface area contributed by atoms with E-state index in [0.717, 1.165) is 43.8 Å². The molecule has 2 aliphatic heterocycles. The summed E-state index contributed by atoms with van der Waals surface area (Å²) in [5.41, 5.74) is 1.06. The van der Waals surface area contributed by atoms with Crippen molar-refractivity contribution in [3.05, 3.63) is 21.4 Å². The summed E-state index contributed by atoms with van der Waals surface area (Å²) >= 11 is 1.57. The van der Waals surface area contributed by atoms with Gasteiger partial charge in [-0.3, -0.25) is 4.79 Å². The number of aliphatic hydroxyl groups excluding tert-OH is 1. The van der Waals surface area contributed by atoms with Crippen molar-refractivity contribution in [2.45, 2.75) is 44.8 Å². The van der Waals surface area contributed by atoms with E-state index in [4.69, 9.17) is 4.74 Å². The number of fused-ring (bicyclic) bond motifs is 2. The number of carbonyl (C=O) groups excluding carboxylic acids is 1. The molecule has 3 N–H and O–H groups in total. The number of nitrogens with one attached hydrogen (secondary N) is 2. The molecular weight excluding hydrogens is 312 g/mol. The number of rotatable bonds is 4. The molecule has 1 spiro atoms. The molecule has 1 aromatic heterocycles. The second-order valence-electron chi connectivity index (χ2n) is 6.81. The highest BCUT2D eigenvalue weighted by atomic mass is 32.1. The van der Waals surface area contributed by atoms with Crippen molar-refractivity contribution in [1.29, 1.82) is 0 Å². The Balaban J connectivity index is 1.82. The fourth-order valence-electron chi connectivity index (χ4n) is 3.40. The zero-order valence-electron chi connectivity index (χ0n) is 13.9. The van der Waals surface area contributed by atoms with Crippen LogP contribution in [0.5, 0.6) is 0 Å².